The van der Waals surface area contributed by atoms with Crippen molar-refractivity contribution in [3.8, 4) is 0 Å². The SMILES string of the molecule is COCCC(=O)Nc1ccc2n(c1=O)C[C@@H]1C[NH2+]C[C@H]2C1. The number of quaternary nitrogens is 1. The van der Waals surface area contributed by atoms with Gasteiger partial charge in [-0.25, -0.2) is 0 Å². The molecular weight excluding hydrogens is 270 g/mol. The monoisotopic (exact) mass is 292 g/mol. The topological polar surface area (TPSA) is 76.9 Å². The van der Waals surface area contributed by atoms with Gasteiger partial charge in [0.15, 0.2) is 0 Å². The Morgan fingerprint density at radius 2 is 2.33 bits per heavy atom. The van der Waals surface area contributed by atoms with Crippen LogP contribution in [0.4, 0.5) is 5.69 Å². The number of fused-ring (bicyclic) bond motifs is 4. The highest BCUT2D eigenvalue weighted by Gasteiger charge is 2.33. The lowest BCUT2D eigenvalue weighted by molar-refractivity contribution is -0.673. The number of hydrogen-bond acceptors (Lipinski definition) is 3. The van der Waals surface area contributed by atoms with Crippen LogP contribution < -0.4 is 16.2 Å². The fourth-order valence-electron chi connectivity index (χ4n) is 3.42. The van der Waals surface area contributed by atoms with Crippen molar-refractivity contribution in [3.63, 3.8) is 0 Å². The predicted octanol–water partition coefficient (Wildman–Crippen LogP) is -0.496. The second-order valence-electron chi connectivity index (χ2n) is 5.94. The number of hydrogen-bond donors (Lipinski definition) is 2. The number of carbonyl (C=O) groups excluding carboxylic acids is 1. The molecule has 3 heterocycles. The van der Waals surface area contributed by atoms with Gasteiger partial charge in [-0.05, 0) is 18.6 Å². The number of ether oxygens (including phenoxy) is 1. The van der Waals surface area contributed by atoms with E-state index in [2.05, 4.69) is 10.6 Å². The molecule has 2 aliphatic heterocycles. The Bertz CT molecular complexity index is 596. The summed E-state index contributed by atoms with van der Waals surface area (Å²) in [6.45, 7) is 3.27. The van der Waals surface area contributed by atoms with Gasteiger partial charge in [-0.3, -0.25) is 9.59 Å². The Kier molecular flexibility index (Phi) is 4.07. The maximum atomic E-state index is 12.6. The molecule has 6 heteroatoms. The van der Waals surface area contributed by atoms with Crippen LogP contribution >= 0.6 is 0 Å². The first-order chi connectivity index (χ1) is 10.2. The lowest BCUT2D eigenvalue weighted by Crippen LogP contribution is -2.89. The highest BCUT2D eigenvalue weighted by molar-refractivity contribution is 5.90. The summed E-state index contributed by atoms with van der Waals surface area (Å²) in [5.41, 5.74) is 1.42. The Balaban J connectivity index is 1.83. The van der Waals surface area contributed by atoms with Gasteiger partial charge in [-0.2, -0.15) is 0 Å². The van der Waals surface area contributed by atoms with E-state index < -0.39 is 0 Å². The number of carbonyl (C=O) groups is 1. The molecule has 0 unspecified atom stereocenters. The van der Waals surface area contributed by atoms with Crippen molar-refractivity contribution in [2.45, 2.75) is 25.3 Å². The van der Waals surface area contributed by atoms with E-state index in [-0.39, 0.29) is 17.9 Å². The molecule has 0 spiro atoms. The summed E-state index contributed by atoms with van der Waals surface area (Å²) in [6, 6.07) is 3.74. The molecule has 2 aliphatic rings. The first-order valence-corrected chi connectivity index (χ1v) is 7.53. The number of nitrogens with one attached hydrogen (secondary N) is 1. The Labute approximate surface area is 123 Å². The number of piperidine rings is 1. The Hall–Kier alpha value is -1.66. The van der Waals surface area contributed by atoms with E-state index in [1.807, 2.05) is 10.6 Å². The Morgan fingerprint density at radius 3 is 3.14 bits per heavy atom. The quantitative estimate of drug-likeness (QED) is 0.786. The van der Waals surface area contributed by atoms with Crippen LogP contribution in [0.1, 0.15) is 24.5 Å². The molecular formula is C15H22N3O3+. The summed E-state index contributed by atoms with van der Waals surface area (Å²) in [7, 11) is 1.55. The van der Waals surface area contributed by atoms with Crippen molar-refractivity contribution in [1.82, 2.24) is 4.57 Å². The lowest BCUT2D eigenvalue weighted by Gasteiger charge is -2.35. The van der Waals surface area contributed by atoms with Crippen LogP contribution in [0.5, 0.6) is 0 Å². The van der Waals surface area contributed by atoms with Crippen LogP contribution in [-0.4, -0.2) is 37.3 Å². The van der Waals surface area contributed by atoms with Gasteiger partial charge in [0, 0.05) is 31.2 Å². The minimum atomic E-state index is -0.182. The molecule has 0 aliphatic carbocycles. The van der Waals surface area contributed by atoms with E-state index in [1.54, 1.807) is 13.2 Å². The first-order valence-electron chi connectivity index (χ1n) is 7.53. The molecule has 3 N–H and O–H groups in total. The van der Waals surface area contributed by atoms with Crippen molar-refractivity contribution in [2.24, 2.45) is 5.92 Å². The van der Waals surface area contributed by atoms with Gasteiger partial charge in [-0.15, -0.1) is 0 Å². The summed E-state index contributed by atoms with van der Waals surface area (Å²) in [6.07, 6.45) is 1.44. The molecule has 1 fully saturated rings. The number of nitrogens with zero attached hydrogens (tertiary/aromatic N) is 1. The standard InChI is InChI=1S/C15H21N3O3/c1-21-5-4-14(19)17-12-2-3-13-11-6-10(7-16-8-11)9-18(13)15(12)20/h2-3,10-11,16H,4-9H2,1H3,(H,17,19)/p+1/t10-,11+/m0/s1. The third-order valence-electron chi connectivity index (χ3n) is 4.44. The van der Waals surface area contributed by atoms with Crippen LogP contribution in [0.15, 0.2) is 16.9 Å². The molecule has 0 radical (unpaired) electrons. The fraction of sp³-hybridized carbons (Fsp3) is 0.600. The van der Waals surface area contributed by atoms with E-state index in [4.69, 9.17) is 4.74 Å². The minimum Gasteiger partial charge on any atom is -0.384 e. The summed E-state index contributed by atoms with van der Waals surface area (Å²) in [5.74, 6) is 0.843. The number of amides is 1. The maximum Gasteiger partial charge on any atom is 0.274 e. The molecule has 1 saturated heterocycles. The van der Waals surface area contributed by atoms with E-state index in [0.717, 1.165) is 25.3 Å². The van der Waals surface area contributed by atoms with Gasteiger partial charge in [0.25, 0.3) is 5.56 Å². The number of nitrogens with two attached hydrogens (primary N) is 1. The molecule has 114 valence electrons. The largest absolute Gasteiger partial charge is 0.384 e. The summed E-state index contributed by atoms with van der Waals surface area (Å²) >= 11 is 0. The summed E-state index contributed by atoms with van der Waals surface area (Å²) in [4.78, 5) is 24.3. The van der Waals surface area contributed by atoms with Crippen LogP contribution in [0, 0.1) is 5.92 Å². The van der Waals surface area contributed by atoms with Gasteiger partial charge in [0.05, 0.1) is 26.1 Å². The zero-order valence-corrected chi connectivity index (χ0v) is 12.3. The van der Waals surface area contributed by atoms with E-state index in [9.17, 15) is 9.59 Å². The number of methoxy groups -OCH3 is 1. The van der Waals surface area contributed by atoms with E-state index >= 15 is 0 Å². The highest BCUT2D eigenvalue weighted by Crippen LogP contribution is 2.30. The third kappa shape index (κ3) is 2.87. The second kappa shape index (κ2) is 5.99. The number of pyridine rings is 1. The van der Waals surface area contributed by atoms with Crippen molar-refractivity contribution in [3.05, 3.63) is 28.2 Å². The van der Waals surface area contributed by atoms with Crippen LogP contribution in [0.25, 0.3) is 0 Å². The molecule has 2 atom stereocenters. The van der Waals surface area contributed by atoms with Gasteiger partial charge in [-0.1, -0.05) is 0 Å². The van der Waals surface area contributed by atoms with Crippen molar-refractivity contribution in [1.29, 1.82) is 0 Å². The smallest absolute Gasteiger partial charge is 0.274 e. The molecule has 6 nitrogen and oxygen atoms in total. The van der Waals surface area contributed by atoms with E-state index in [1.165, 1.54) is 6.42 Å². The van der Waals surface area contributed by atoms with Crippen molar-refractivity contribution < 1.29 is 14.8 Å². The molecule has 2 bridgehead atoms. The van der Waals surface area contributed by atoms with Gasteiger partial charge in [0.2, 0.25) is 5.91 Å². The fourth-order valence-corrected chi connectivity index (χ4v) is 3.42. The number of rotatable bonds is 4. The number of anilines is 1. The summed E-state index contributed by atoms with van der Waals surface area (Å²) < 4.78 is 6.73. The normalized spacial score (nSPS) is 23.5. The number of aromatic nitrogens is 1. The lowest BCUT2D eigenvalue weighted by atomic mass is 9.84. The van der Waals surface area contributed by atoms with E-state index in [0.29, 0.717) is 24.1 Å². The first kappa shape index (κ1) is 14.3. The van der Waals surface area contributed by atoms with Crippen molar-refractivity contribution >= 4 is 11.6 Å². The average Bonchev–Trinajstić information content (AvgIpc) is 2.49. The molecule has 1 aromatic rings. The minimum absolute atomic E-state index is 0.0742. The van der Waals surface area contributed by atoms with Crippen molar-refractivity contribution in [2.75, 3.05) is 32.1 Å². The van der Waals surface area contributed by atoms with Gasteiger partial charge < -0.3 is 19.9 Å². The molecule has 0 saturated carbocycles. The highest BCUT2D eigenvalue weighted by atomic mass is 16.5. The van der Waals surface area contributed by atoms with Crippen LogP contribution in [-0.2, 0) is 16.1 Å². The molecule has 0 aromatic carbocycles. The van der Waals surface area contributed by atoms with Gasteiger partial charge >= 0.3 is 0 Å². The molecule has 1 amide bonds. The molecule has 21 heavy (non-hydrogen) atoms. The third-order valence-corrected chi connectivity index (χ3v) is 4.44. The Morgan fingerprint density at radius 1 is 1.48 bits per heavy atom. The average molecular weight is 292 g/mol. The maximum absolute atomic E-state index is 12.6. The van der Waals surface area contributed by atoms with Gasteiger partial charge in [0.1, 0.15) is 5.69 Å². The molecule has 1 aromatic heterocycles. The second-order valence-corrected chi connectivity index (χ2v) is 5.94. The molecule has 3 rings (SSSR count). The zero-order chi connectivity index (χ0) is 14.8. The zero-order valence-electron chi connectivity index (χ0n) is 12.3. The van der Waals surface area contributed by atoms with Crippen LogP contribution in [0.3, 0.4) is 0 Å². The predicted molar refractivity (Wildman–Crippen MR) is 78.3 cm³/mol. The summed E-state index contributed by atoms with van der Waals surface area (Å²) in [5, 5.41) is 5.04. The van der Waals surface area contributed by atoms with Crippen LogP contribution in [0.2, 0.25) is 0 Å².